The molecule has 0 aliphatic carbocycles. The van der Waals surface area contributed by atoms with E-state index in [-0.39, 0.29) is 6.04 Å². The van der Waals surface area contributed by atoms with Crippen molar-refractivity contribution in [1.29, 1.82) is 0 Å². The first kappa shape index (κ1) is 14.9. The van der Waals surface area contributed by atoms with Gasteiger partial charge in [-0.2, -0.15) is 0 Å². The van der Waals surface area contributed by atoms with E-state index in [0.717, 1.165) is 16.1 Å². The van der Waals surface area contributed by atoms with Gasteiger partial charge in [0.2, 0.25) is 0 Å². The van der Waals surface area contributed by atoms with Crippen LogP contribution in [0.5, 0.6) is 0 Å². The average Bonchev–Trinajstić information content (AvgIpc) is 2.46. The SMILES string of the molecule is Nc1cccc(SCC(O)C(N)Cc2ccccc2)c1. The maximum Gasteiger partial charge on any atom is 0.0788 e. The summed E-state index contributed by atoms with van der Waals surface area (Å²) in [6.07, 6.45) is 0.140. The molecule has 0 aliphatic rings. The van der Waals surface area contributed by atoms with Gasteiger partial charge < -0.3 is 16.6 Å². The third-order valence-corrected chi connectivity index (χ3v) is 4.18. The smallest absolute Gasteiger partial charge is 0.0788 e. The lowest BCUT2D eigenvalue weighted by atomic mass is 10.0. The minimum atomic E-state index is -0.540. The second-order valence-electron chi connectivity index (χ2n) is 4.80. The number of aliphatic hydroxyl groups is 1. The van der Waals surface area contributed by atoms with E-state index in [1.54, 1.807) is 11.8 Å². The molecule has 2 unspecified atom stereocenters. The molecule has 0 saturated carbocycles. The molecule has 20 heavy (non-hydrogen) atoms. The number of rotatable bonds is 6. The summed E-state index contributed by atoms with van der Waals surface area (Å²) < 4.78 is 0. The molecule has 0 aromatic heterocycles. The average molecular weight is 288 g/mol. The van der Waals surface area contributed by atoms with Crippen molar-refractivity contribution in [3.8, 4) is 0 Å². The van der Waals surface area contributed by atoms with Gasteiger partial charge in [-0.25, -0.2) is 0 Å². The van der Waals surface area contributed by atoms with E-state index in [1.807, 2.05) is 54.6 Å². The molecule has 3 nitrogen and oxygen atoms in total. The van der Waals surface area contributed by atoms with Crippen LogP contribution >= 0.6 is 11.8 Å². The number of benzene rings is 2. The maximum absolute atomic E-state index is 10.1. The Morgan fingerprint density at radius 3 is 2.50 bits per heavy atom. The Labute approximate surface area is 124 Å². The van der Waals surface area contributed by atoms with Crippen molar-refractivity contribution < 1.29 is 5.11 Å². The van der Waals surface area contributed by atoms with Gasteiger partial charge in [0.05, 0.1) is 6.10 Å². The summed E-state index contributed by atoms with van der Waals surface area (Å²) in [4.78, 5) is 1.05. The van der Waals surface area contributed by atoms with Crippen molar-refractivity contribution >= 4 is 17.4 Å². The Morgan fingerprint density at radius 2 is 1.80 bits per heavy atom. The number of hydrogen-bond donors (Lipinski definition) is 3. The first-order valence-electron chi connectivity index (χ1n) is 6.61. The highest BCUT2D eigenvalue weighted by atomic mass is 32.2. The summed E-state index contributed by atoms with van der Waals surface area (Å²) in [7, 11) is 0. The van der Waals surface area contributed by atoms with E-state index in [2.05, 4.69) is 0 Å². The predicted molar refractivity (Wildman–Crippen MR) is 85.7 cm³/mol. The standard InChI is InChI=1S/C16H20N2OS/c17-13-7-4-8-14(10-13)20-11-16(19)15(18)9-12-5-2-1-3-6-12/h1-8,10,15-16,19H,9,11,17-18H2. The van der Waals surface area contributed by atoms with E-state index >= 15 is 0 Å². The van der Waals surface area contributed by atoms with Crippen LogP contribution in [0, 0.1) is 0 Å². The number of anilines is 1. The highest BCUT2D eigenvalue weighted by molar-refractivity contribution is 7.99. The molecule has 2 rings (SSSR count). The summed E-state index contributed by atoms with van der Waals surface area (Å²) in [5, 5.41) is 10.1. The van der Waals surface area contributed by atoms with Crippen LogP contribution in [-0.2, 0) is 6.42 Å². The molecule has 0 saturated heterocycles. The van der Waals surface area contributed by atoms with Crippen LogP contribution in [0.2, 0.25) is 0 Å². The lowest BCUT2D eigenvalue weighted by Gasteiger charge is -2.18. The van der Waals surface area contributed by atoms with Gasteiger partial charge in [0.25, 0.3) is 0 Å². The molecule has 0 bridgehead atoms. The van der Waals surface area contributed by atoms with Gasteiger partial charge in [0, 0.05) is 22.4 Å². The Kier molecular flexibility index (Phi) is 5.47. The van der Waals surface area contributed by atoms with E-state index in [4.69, 9.17) is 11.5 Å². The maximum atomic E-state index is 10.1. The zero-order valence-corrected chi connectivity index (χ0v) is 12.1. The van der Waals surface area contributed by atoms with Gasteiger partial charge in [-0.05, 0) is 30.2 Å². The fourth-order valence-corrected chi connectivity index (χ4v) is 2.94. The molecular weight excluding hydrogens is 268 g/mol. The normalized spacial score (nSPS) is 13.9. The van der Waals surface area contributed by atoms with Crippen molar-refractivity contribution in [3.63, 3.8) is 0 Å². The van der Waals surface area contributed by atoms with Crippen LogP contribution in [0.4, 0.5) is 5.69 Å². The molecule has 5 N–H and O–H groups in total. The quantitative estimate of drug-likeness (QED) is 0.563. The summed E-state index contributed by atoms with van der Waals surface area (Å²) in [6, 6.07) is 17.4. The minimum Gasteiger partial charge on any atom is -0.399 e. The van der Waals surface area contributed by atoms with Crippen LogP contribution in [0.1, 0.15) is 5.56 Å². The molecule has 0 fully saturated rings. The van der Waals surface area contributed by atoms with Gasteiger partial charge in [0.1, 0.15) is 0 Å². The summed E-state index contributed by atoms with van der Waals surface area (Å²) >= 11 is 1.57. The highest BCUT2D eigenvalue weighted by Crippen LogP contribution is 2.21. The number of nitrogens with two attached hydrogens (primary N) is 2. The van der Waals surface area contributed by atoms with Crippen molar-refractivity contribution in [2.75, 3.05) is 11.5 Å². The molecule has 0 aliphatic heterocycles. The Morgan fingerprint density at radius 1 is 1.05 bits per heavy atom. The minimum absolute atomic E-state index is 0.258. The number of hydrogen-bond acceptors (Lipinski definition) is 4. The molecule has 0 heterocycles. The van der Waals surface area contributed by atoms with Gasteiger partial charge in [0.15, 0.2) is 0 Å². The summed E-state index contributed by atoms with van der Waals surface area (Å²) in [5.74, 6) is 0.567. The summed E-state index contributed by atoms with van der Waals surface area (Å²) in [6.45, 7) is 0. The zero-order chi connectivity index (χ0) is 14.4. The fourth-order valence-electron chi connectivity index (χ4n) is 1.93. The fraction of sp³-hybridized carbons (Fsp3) is 0.250. The molecule has 106 valence electrons. The second-order valence-corrected chi connectivity index (χ2v) is 5.90. The van der Waals surface area contributed by atoms with Crippen LogP contribution in [0.25, 0.3) is 0 Å². The Hall–Kier alpha value is -1.49. The van der Waals surface area contributed by atoms with Crippen molar-refractivity contribution in [2.24, 2.45) is 5.73 Å². The number of nitrogen functional groups attached to an aromatic ring is 1. The third kappa shape index (κ3) is 4.56. The molecule has 0 spiro atoms. The molecule has 0 amide bonds. The van der Waals surface area contributed by atoms with E-state index in [0.29, 0.717) is 12.2 Å². The molecule has 2 atom stereocenters. The Bertz CT molecular complexity index is 533. The van der Waals surface area contributed by atoms with Crippen LogP contribution in [-0.4, -0.2) is 23.0 Å². The predicted octanol–water partition coefficient (Wildman–Crippen LogP) is 2.29. The second kappa shape index (κ2) is 7.33. The third-order valence-electron chi connectivity index (χ3n) is 3.09. The van der Waals surface area contributed by atoms with Crippen molar-refractivity contribution in [1.82, 2.24) is 0 Å². The highest BCUT2D eigenvalue weighted by Gasteiger charge is 2.15. The van der Waals surface area contributed by atoms with Crippen LogP contribution in [0.15, 0.2) is 59.5 Å². The van der Waals surface area contributed by atoms with Crippen LogP contribution < -0.4 is 11.5 Å². The molecule has 2 aromatic carbocycles. The molecule has 2 aromatic rings. The van der Waals surface area contributed by atoms with Gasteiger partial charge in [-0.15, -0.1) is 11.8 Å². The lowest BCUT2D eigenvalue weighted by molar-refractivity contribution is 0.167. The first-order chi connectivity index (χ1) is 9.65. The molecule has 0 radical (unpaired) electrons. The van der Waals surface area contributed by atoms with Gasteiger partial charge in [-0.1, -0.05) is 36.4 Å². The summed E-state index contributed by atoms with van der Waals surface area (Å²) in [5.41, 5.74) is 13.7. The van der Waals surface area contributed by atoms with Gasteiger partial charge >= 0.3 is 0 Å². The largest absolute Gasteiger partial charge is 0.399 e. The number of thioether (sulfide) groups is 1. The van der Waals surface area contributed by atoms with E-state index in [9.17, 15) is 5.11 Å². The van der Waals surface area contributed by atoms with E-state index in [1.165, 1.54) is 0 Å². The number of aliphatic hydroxyl groups excluding tert-OH is 1. The zero-order valence-electron chi connectivity index (χ0n) is 11.3. The monoisotopic (exact) mass is 288 g/mol. The molecular formula is C16H20N2OS. The first-order valence-corrected chi connectivity index (χ1v) is 7.59. The Balaban J connectivity index is 1.83. The van der Waals surface area contributed by atoms with Crippen molar-refractivity contribution in [2.45, 2.75) is 23.5 Å². The van der Waals surface area contributed by atoms with Gasteiger partial charge in [-0.3, -0.25) is 0 Å². The van der Waals surface area contributed by atoms with Crippen molar-refractivity contribution in [3.05, 3.63) is 60.2 Å². The van der Waals surface area contributed by atoms with E-state index < -0.39 is 6.10 Å². The molecule has 4 heteroatoms. The lowest BCUT2D eigenvalue weighted by Crippen LogP contribution is -2.38. The van der Waals surface area contributed by atoms with Crippen LogP contribution in [0.3, 0.4) is 0 Å². The topological polar surface area (TPSA) is 72.3 Å².